The fourth-order valence-corrected chi connectivity index (χ4v) is 4.70. The number of hydrogen-bond donors (Lipinski definition) is 5. The Bertz CT molecular complexity index is 1510. The lowest BCUT2D eigenvalue weighted by molar-refractivity contribution is 0.0260. The maximum Gasteiger partial charge on any atom is 0.338 e. The van der Waals surface area contributed by atoms with Crippen LogP contribution in [0.5, 0.6) is 23.0 Å². The van der Waals surface area contributed by atoms with Crippen molar-refractivity contribution in [3.8, 4) is 23.0 Å². The third-order valence-corrected chi connectivity index (χ3v) is 6.96. The van der Waals surface area contributed by atoms with Gasteiger partial charge in [0.2, 0.25) is 5.78 Å². The molecule has 12 nitrogen and oxygen atoms in total. The van der Waals surface area contributed by atoms with Crippen LogP contribution in [0.25, 0.3) is 0 Å². The number of nitrogens with one attached hydrogen (secondary N) is 1. The maximum absolute atomic E-state index is 13.2. The second-order valence-corrected chi connectivity index (χ2v) is 10.0. The lowest BCUT2D eigenvalue weighted by Gasteiger charge is -2.21. The van der Waals surface area contributed by atoms with E-state index in [0.29, 0.717) is 18.7 Å². The van der Waals surface area contributed by atoms with Crippen molar-refractivity contribution >= 4 is 23.6 Å². The minimum atomic E-state index is -1.08. The van der Waals surface area contributed by atoms with E-state index in [1.165, 1.54) is 36.4 Å². The average Bonchev–Trinajstić information content (AvgIpc) is 3.34. The van der Waals surface area contributed by atoms with Gasteiger partial charge in [-0.05, 0) is 62.4 Å². The van der Waals surface area contributed by atoms with Crippen molar-refractivity contribution in [2.75, 3.05) is 20.2 Å². The van der Waals surface area contributed by atoms with Crippen molar-refractivity contribution in [3.05, 3.63) is 82.4 Å². The third-order valence-electron chi connectivity index (χ3n) is 6.96. The van der Waals surface area contributed by atoms with Crippen LogP contribution in [-0.4, -0.2) is 87.3 Å². The highest BCUT2D eigenvalue weighted by molar-refractivity contribution is 6.18. The summed E-state index contributed by atoms with van der Waals surface area (Å²) in [4.78, 5) is 53.3. The van der Waals surface area contributed by atoms with Gasteiger partial charge in [0.1, 0.15) is 34.7 Å². The van der Waals surface area contributed by atoms with Crippen molar-refractivity contribution in [1.82, 2.24) is 10.2 Å². The van der Waals surface area contributed by atoms with Gasteiger partial charge in [-0.1, -0.05) is 6.07 Å². The van der Waals surface area contributed by atoms with E-state index in [2.05, 4.69) is 10.1 Å². The first-order chi connectivity index (χ1) is 19.9. The molecule has 1 saturated heterocycles. The molecule has 0 aromatic heterocycles. The monoisotopic (exact) mass is 578 g/mol. The molecule has 3 aromatic rings. The van der Waals surface area contributed by atoms with Crippen molar-refractivity contribution in [2.24, 2.45) is 0 Å². The summed E-state index contributed by atoms with van der Waals surface area (Å²) in [6, 6.07) is 10.7. The van der Waals surface area contributed by atoms with E-state index in [-0.39, 0.29) is 22.9 Å². The van der Waals surface area contributed by atoms with Gasteiger partial charge < -0.3 is 35.2 Å². The number of likely N-dealkylation sites (tertiary alicyclic amines) is 1. The van der Waals surface area contributed by atoms with Crippen molar-refractivity contribution in [2.45, 2.75) is 32.0 Å². The molecule has 42 heavy (non-hydrogen) atoms. The van der Waals surface area contributed by atoms with Crippen LogP contribution in [0.1, 0.15) is 60.8 Å². The number of benzene rings is 3. The molecule has 1 amide bonds. The summed E-state index contributed by atoms with van der Waals surface area (Å²) in [6.45, 7) is 4.57. The molecule has 5 N–H and O–H groups in total. The Morgan fingerprint density at radius 2 is 1.48 bits per heavy atom. The predicted octanol–water partition coefficient (Wildman–Crippen LogP) is 2.57. The molecule has 1 heterocycles. The first-order valence-corrected chi connectivity index (χ1v) is 13.0. The SMILES string of the molecule is COC(=O)c1cccc(O)c1C(=O)c1c(O)cc(C(=O)O[C@H]2CN(C(C)C)C[C@@H]2NC(=O)c2ccc(O)cc2)cc1O. The fraction of sp³-hybridized carbons (Fsp3) is 0.267. The summed E-state index contributed by atoms with van der Waals surface area (Å²) in [5, 5.41) is 43.9. The van der Waals surface area contributed by atoms with Crippen LogP contribution in [0, 0.1) is 0 Å². The molecule has 1 aliphatic heterocycles. The van der Waals surface area contributed by atoms with Gasteiger partial charge in [-0.25, -0.2) is 9.59 Å². The number of ketones is 1. The molecule has 0 aliphatic carbocycles. The van der Waals surface area contributed by atoms with E-state index < -0.39 is 64.2 Å². The standard InChI is InChI=1S/C30H30N2O10/c1-15(2)32-13-20(31-28(38)16-7-9-18(33)10-8-16)24(14-32)42-29(39)17-11-22(35)26(23(36)12-17)27(37)25-19(30(40)41-3)5-4-6-21(25)34/h4-12,15,20,24,33-36H,13-14H2,1-3H3,(H,31,38)/t20-,24-/m0/s1. The number of hydrogen-bond acceptors (Lipinski definition) is 11. The molecule has 0 radical (unpaired) electrons. The topological polar surface area (TPSA) is 183 Å². The number of aromatic hydroxyl groups is 4. The molecule has 0 saturated carbocycles. The van der Waals surface area contributed by atoms with Gasteiger partial charge in [-0.3, -0.25) is 14.5 Å². The smallest absolute Gasteiger partial charge is 0.338 e. The molecule has 1 fully saturated rings. The van der Waals surface area contributed by atoms with Crippen LogP contribution in [-0.2, 0) is 9.47 Å². The summed E-state index contributed by atoms with van der Waals surface area (Å²) in [5.41, 5.74) is -1.42. The van der Waals surface area contributed by atoms with Gasteiger partial charge in [0.25, 0.3) is 5.91 Å². The Morgan fingerprint density at radius 3 is 2.07 bits per heavy atom. The number of ether oxygens (including phenoxy) is 2. The molecule has 0 unspecified atom stereocenters. The zero-order valence-corrected chi connectivity index (χ0v) is 23.0. The van der Waals surface area contributed by atoms with E-state index in [0.717, 1.165) is 25.3 Å². The third kappa shape index (κ3) is 6.13. The number of carbonyl (C=O) groups excluding carboxylic acids is 4. The molecule has 2 atom stereocenters. The predicted molar refractivity (Wildman–Crippen MR) is 148 cm³/mol. The normalized spacial score (nSPS) is 16.7. The van der Waals surface area contributed by atoms with Gasteiger partial charge in [0.15, 0.2) is 0 Å². The zero-order chi connectivity index (χ0) is 30.7. The average molecular weight is 579 g/mol. The molecule has 220 valence electrons. The van der Waals surface area contributed by atoms with Crippen molar-refractivity contribution in [1.29, 1.82) is 0 Å². The molecular weight excluding hydrogens is 548 g/mol. The minimum Gasteiger partial charge on any atom is -0.508 e. The van der Waals surface area contributed by atoms with Crippen LogP contribution >= 0.6 is 0 Å². The maximum atomic E-state index is 13.2. The number of methoxy groups -OCH3 is 1. The summed E-state index contributed by atoms with van der Waals surface area (Å²) >= 11 is 0. The molecule has 12 heteroatoms. The second kappa shape index (κ2) is 12.2. The van der Waals surface area contributed by atoms with Gasteiger partial charge in [0, 0.05) is 24.7 Å². The Morgan fingerprint density at radius 1 is 0.833 bits per heavy atom. The largest absolute Gasteiger partial charge is 0.508 e. The Hall–Kier alpha value is -5.10. The quantitative estimate of drug-likeness (QED) is 0.196. The van der Waals surface area contributed by atoms with E-state index >= 15 is 0 Å². The Balaban J connectivity index is 1.57. The van der Waals surface area contributed by atoms with Crippen molar-refractivity contribution < 1.29 is 49.1 Å². The lowest BCUT2D eigenvalue weighted by atomic mass is 9.95. The molecular formula is C30H30N2O10. The summed E-state index contributed by atoms with van der Waals surface area (Å²) in [5.74, 6) is -5.53. The highest BCUT2D eigenvalue weighted by atomic mass is 16.5. The number of rotatable bonds is 8. The first kappa shape index (κ1) is 29.9. The van der Waals surface area contributed by atoms with E-state index in [1.807, 2.05) is 18.7 Å². The highest BCUT2D eigenvalue weighted by Gasteiger charge is 2.38. The molecule has 0 bridgehead atoms. The van der Waals surface area contributed by atoms with Gasteiger partial charge >= 0.3 is 11.9 Å². The number of amides is 1. The van der Waals surface area contributed by atoms with E-state index in [1.54, 1.807) is 0 Å². The molecule has 1 aliphatic rings. The van der Waals surface area contributed by atoms with Crippen LogP contribution in [0.2, 0.25) is 0 Å². The highest BCUT2D eigenvalue weighted by Crippen LogP contribution is 2.35. The van der Waals surface area contributed by atoms with Gasteiger partial charge in [-0.15, -0.1) is 0 Å². The number of carbonyl (C=O) groups is 4. The minimum absolute atomic E-state index is 0.00825. The van der Waals surface area contributed by atoms with Crippen molar-refractivity contribution in [3.63, 3.8) is 0 Å². The number of esters is 2. The zero-order valence-electron chi connectivity index (χ0n) is 23.0. The first-order valence-electron chi connectivity index (χ1n) is 13.0. The fourth-order valence-electron chi connectivity index (χ4n) is 4.70. The molecule has 3 aromatic carbocycles. The van der Waals surface area contributed by atoms with Crippen LogP contribution in [0.3, 0.4) is 0 Å². The van der Waals surface area contributed by atoms with Crippen LogP contribution in [0.4, 0.5) is 0 Å². The van der Waals surface area contributed by atoms with Gasteiger partial charge in [0.05, 0.1) is 29.8 Å². The lowest BCUT2D eigenvalue weighted by Crippen LogP contribution is -2.44. The van der Waals surface area contributed by atoms with Gasteiger partial charge in [-0.2, -0.15) is 0 Å². The summed E-state index contributed by atoms with van der Waals surface area (Å²) in [7, 11) is 1.09. The van der Waals surface area contributed by atoms with E-state index in [4.69, 9.17) is 4.74 Å². The van der Waals surface area contributed by atoms with E-state index in [9.17, 15) is 39.6 Å². The summed E-state index contributed by atoms with van der Waals surface area (Å²) in [6.07, 6.45) is -0.796. The number of phenols is 4. The van der Waals surface area contributed by atoms with Crippen LogP contribution in [0.15, 0.2) is 54.6 Å². The number of nitrogens with zero attached hydrogens (tertiary/aromatic N) is 1. The van der Waals surface area contributed by atoms with Crippen LogP contribution < -0.4 is 5.32 Å². The molecule has 0 spiro atoms. The Labute approximate surface area is 240 Å². The molecule has 4 rings (SSSR count). The Kier molecular flexibility index (Phi) is 8.67. The summed E-state index contributed by atoms with van der Waals surface area (Å²) < 4.78 is 10.3. The number of phenolic OH excluding ortho intramolecular Hbond substituents is 4. The second-order valence-electron chi connectivity index (χ2n) is 10.0.